The van der Waals surface area contributed by atoms with Crippen LogP contribution in [0.25, 0.3) is 11.6 Å². The monoisotopic (exact) mass is 247 g/mol. The molecule has 0 aliphatic carbocycles. The molecule has 3 heterocycles. The Kier molecular flexibility index (Phi) is 3.15. The maximum atomic E-state index is 5.35. The minimum Gasteiger partial charge on any atom is -0.461 e. The Labute approximate surface area is 106 Å². The normalized spacial score (nSPS) is 19.5. The fourth-order valence-corrected chi connectivity index (χ4v) is 2.34. The van der Waals surface area contributed by atoms with Crippen molar-refractivity contribution in [3.05, 3.63) is 23.8 Å². The van der Waals surface area contributed by atoms with Crippen molar-refractivity contribution in [3.8, 4) is 11.6 Å². The Morgan fingerprint density at radius 2 is 2.44 bits per heavy atom. The fraction of sp³-hybridized carbons (Fsp3) is 0.538. The number of aromatic nitrogens is 2. The molecule has 1 N–H and O–H groups in total. The minimum absolute atomic E-state index is 0.553. The molecule has 0 spiro atoms. The van der Waals surface area contributed by atoms with E-state index in [-0.39, 0.29) is 0 Å². The SMILES string of the molecule is Cc1ccoc1-c1noc(CCC2CCNC2)n1. The molecule has 1 fully saturated rings. The van der Waals surface area contributed by atoms with Crippen molar-refractivity contribution in [1.82, 2.24) is 15.5 Å². The fourth-order valence-electron chi connectivity index (χ4n) is 2.34. The molecule has 5 heteroatoms. The summed E-state index contributed by atoms with van der Waals surface area (Å²) in [6.07, 6.45) is 4.84. The van der Waals surface area contributed by atoms with Gasteiger partial charge in [0.05, 0.1) is 6.26 Å². The first-order valence-corrected chi connectivity index (χ1v) is 6.40. The van der Waals surface area contributed by atoms with Gasteiger partial charge in [0.15, 0.2) is 5.76 Å². The highest BCUT2D eigenvalue weighted by atomic mass is 16.5. The lowest BCUT2D eigenvalue weighted by Crippen LogP contribution is -2.09. The van der Waals surface area contributed by atoms with Crippen molar-refractivity contribution in [1.29, 1.82) is 0 Å². The van der Waals surface area contributed by atoms with Crippen molar-refractivity contribution in [3.63, 3.8) is 0 Å². The van der Waals surface area contributed by atoms with Crippen molar-refractivity contribution >= 4 is 0 Å². The van der Waals surface area contributed by atoms with Crippen molar-refractivity contribution in [2.45, 2.75) is 26.2 Å². The number of hydrogen-bond donors (Lipinski definition) is 1. The Balaban J connectivity index is 1.64. The molecule has 3 rings (SSSR count). The number of nitrogens with zero attached hydrogens (tertiary/aromatic N) is 2. The van der Waals surface area contributed by atoms with Crippen LogP contribution in [0.2, 0.25) is 0 Å². The van der Waals surface area contributed by atoms with Crippen LogP contribution in [-0.2, 0) is 6.42 Å². The summed E-state index contributed by atoms with van der Waals surface area (Å²) in [5.41, 5.74) is 1.03. The highest BCUT2D eigenvalue weighted by molar-refractivity contribution is 5.50. The van der Waals surface area contributed by atoms with E-state index in [2.05, 4.69) is 15.5 Å². The lowest BCUT2D eigenvalue weighted by Gasteiger charge is -2.03. The number of aryl methyl sites for hydroxylation is 2. The molecule has 1 saturated heterocycles. The molecule has 96 valence electrons. The molecule has 1 unspecified atom stereocenters. The molecule has 2 aromatic heterocycles. The standard InChI is InChI=1S/C13H17N3O2/c1-9-5-7-17-12(9)13-15-11(18-16-13)3-2-10-4-6-14-8-10/h5,7,10,14H,2-4,6,8H2,1H3. The van der Waals surface area contributed by atoms with Gasteiger partial charge in [0.25, 0.3) is 0 Å². The number of furan rings is 1. The third-order valence-corrected chi connectivity index (χ3v) is 3.46. The van der Waals surface area contributed by atoms with Gasteiger partial charge in [-0.05, 0) is 50.4 Å². The van der Waals surface area contributed by atoms with Gasteiger partial charge in [-0.1, -0.05) is 5.16 Å². The van der Waals surface area contributed by atoms with Gasteiger partial charge in [-0.3, -0.25) is 0 Å². The summed E-state index contributed by atoms with van der Waals surface area (Å²) in [6, 6.07) is 1.90. The minimum atomic E-state index is 0.553. The summed E-state index contributed by atoms with van der Waals surface area (Å²) in [7, 11) is 0. The van der Waals surface area contributed by atoms with E-state index in [1.807, 2.05) is 13.0 Å². The first kappa shape index (κ1) is 11.5. The Hall–Kier alpha value is -1.62. The summed E-state index contributed by atoms with van der Waals surface area (Å²) >= 11 is 0. The molecule has 0 bridgehead atoms. The number of hydrogen-bond acceptors (Lipinski definition) is 5. The lowest BCUT2D eigenvalue weighted by molar-refractivity contribution is 0.364. The van der Waals surface area contributed by atoms with Crippen LogP contribution in [0.3, 0.4) is 0 Å². The zero-order valence-corrected chi connectivity index (χ0v) is 10.5. The zero-order valence-electron chi connectivity index (χ0n) is 10.5. The van der Waals surface area contributed by atoms with Crippen LogP contribution in [0.4, 0.5) is 0 Å². The molecule has 5 nitrogen and oxygen atoms in total. The van der Waals surface area contributed by atoms with Gasteiger partial charge in [-0.25, -0.2) is 0 Å². The van der Waals surface area contributed by atoms with Crippen LogP contribution in [0.1, 0.15) is 24.3 Å². The van der Waals surface area contributed by atoms with Gasteiger partial charge in [0.2, 0.25) is 11.7 Å². The third kappa shape index (κ3) is 2.31. The summed E-state index contributed by atoms with van der Waals surface area (Å²) in [5.74, 6) is 2.70. The van der Waals surface area contributed by atoms with E-state index in [1.54, 1.807) is 6.26 Å². The highest BCUT2D eigenvalue weighted by Gasteiger charge is 2.17. The topological polar surface area (TPSA) is 64.1 Å². The summed E-state index contributed by atoms with van der Waals surface area (Å²) in [5, 5.41) is 7.33. The first-order chi connectivity index (χ1) is 8.83. The molecule has 1 atom stereocenters. The maximum absolute atomic E-state index is 5.35. The maximum Gasteiger partial charge on any atom is 0.238 e. The second-order valence-electron chi connectivity index (χ2n) is 4.84. The molecular weight excluding hydrogens is 230 g/mol. The van der Waals surface area contributed by atoms with Crippen LogP contribution in [0, 0.1) is 12.8 Å². The van der Waals surface area contributed by atoms with Gasteiger partial charge in [-0.15, -0.1) is 0 Å². The van der Waals surface area contributed by atoms with E-state index in [9.17, 15) is 0 Å². The van der Waals surface area contributed by atoms with Gasteiger partial charge in [0.1, 0.15) is 0 Å². The molecule has 1 aliphatic heterocycles. The zero-order chi connectivity index (χ0) is 12.4. The van der Waals surface area contributed by atoms with E-state index in [0.717, 1.165) is 37.4 Å². The van der Waals surface area contributed by atoms with E-state index in [4.69, 9.17) is 8.94 Å². The van der Waals surface area contributed by atoms with Crippen molar-refractivity contribution in [2.75, 3.05) is 13.1 Å². The van der Waals surface area contributed by atoms with Crippen molar-refractivity contribution < 1.29 is 8.94 Å². The number of nitrogens with one attached hydrogen (secondary N) is 1. The molecule has 0 saturated carbocycles. The molecule has 1 aliphatic rings. The Bertz CT molecular complexity index is 512. The lowest BCUT2D eigenvalue weighted by atomic mass is 10.0. The van der Waals surface area contributed by atoms with E-state index in [1.165, 1.54) is 6.42 Å². The average Bonchev–Trinajstić information content (AvgIpc) is 3.07. The predicted molar refractivity (Wildman–Crippen MR) is 66.0 cm³/mol. The quantitative estimate of drug-likeness (QED) is 0.897. The summed E-state index contributed by atoms with van der Waals surface area (Å²) < 4.78 is 10.6. The van der Waals surface area contributed by atoms with Gasteiger partial charge in [0, 0.05) is 6.42 Å². The highest BCUT2D eigenvalue weighted by Crippen LogP contribution is 2.22. The van der Waals surface area contributed by atoms with Crippen molar-refractivity contribution in [2.24, 2.45) is 5.92 Å². The van der Waals surface area contributed by atoms with Gasteiger partial charge in [-0.2, -0.15) is 4.98 Å². The molecular formula is C13H17N3O2. The molecule has 2 aromatic rings. The second kappa shape index (κ2) is 4.94. The van der Waals surface area contributed by atoms with Crippen LogP contribution in [-0.4, -0.2) is 23.2 Å². The second-order valence-corrected chi connectivity index (χ2v) is 4.84. The Morgan fingerprint density at radius 3 is 3.17 bits per heavy atom. The van der Waals surface area contributed by atoms with Gasteiger partial charge < -0.3 is 14.3 Å². The smallest absolute Gasteiger partial charge is 0.238 e. The van der Waals surface area contributed by atoms with Gasteiger partial charge >= 0.3 is 0 Å². The number of rotatable bonds is 4. The predicted octanol–water partition coefficient (Wildman–Crippen LogP) is 2.18. The Morgan fingerprint density at radius 1 is 1.50 bits per heavy atom. The molecule has 0 radical (unpaired) electrons. The van der Waals surface area contributed by atoms with Crippen LogP contribution in [0.5, 0.6) is 0 Å². The molecule has 0 amide bonds. The molecule has 18 heavy (non-hydrogen) atoms. The van der Waals surface area contributed by atoms with Crippen LogP contribution < -0.4 is 5.32 Å². The third-order valence-electron chi connectivity index (χ3n) is 3.46. The van der Waals surface area contributed by atoms with E-state index < -0.39 is 0 Å². The first-order valence-electron chi connectivity index (χ1n) is 6.40. The summed E-state index contributed by atoms with van der Waals surface area (Å²) in [6.45, 7) is 4.21. The average molecular weight is 247 g/mol. The molecule has 0 aromatic carbocycles. The largest absolute Gasteiger partial charge is 0.461 e. The van der Waals surface area contributed by atoms with E-state index in [0.29, 0.717) is 17.5 Å². The van der Waals surface area contributed by atoms with E-state index >= 15 is 0 Å². The van der Waals surface area contributed by atoms with Crippen LogP contribution >= 0.6 is 0 Å². The van der Waals surface area contributed by atoms with Crippen LogP contribution in [0.15, 0.2) is 21.3 Å². The summed E-state index contributed by atoms with van der Waals surface area (Å²) in [4.78, 5) is 4.38.